The van der Waals surface area contributed by atoms with Crippen LogP contribution in [0.3, 0.4) is 0 Å². The lowest BCUT2D eigenvalue weighted by atomic mass is 10.1. The SMILES string of the molecule is CCCCCn1c(=S)[nH]c2cc(C(=O)NCCc3ccccc3)ccc2c1=O. The van der Waals surface area contributed by atoms with Gasteiger partial charge in [0.15, 0.2) is 4.77 Å². The molecule has 2 aromatic carbocycles. The minimum atomic E-state index is -0.163. The van der Waals surface area contributed by atoms with Gasteiger partial charge in [-0.1, -0.05) is 50.1 Å². The van der Waals surface area contributed by atoms with Crippen LogP contribution in [0.4, 0.5) is 0 Å². The van der Waals surface area contributed by atoms with Crippen LogP contribution in [-0.4, -0.2) is 22.0 Å². The average molecular weight is 396 g/mol. The average Bonchev–Trinajstić information content (AvgIpc) is 2.71. The van der Waals surface area contributed by atoms with E-state index in [2.05, 4.69) is 17.2 Å². The van der Waals surface area contributed by atoms with E-state index in [9.17, 15) is 9.59 Å². The Morgan fingerprint density at radius 1 is 1.14 bits per heavy atom. The maximum atomic E-state index is 12.7. The van der Waals surface area contributed by atoms with Crippen molar-refractivity contribution in [3.63, 3.8) is 0 Å². The molecule has 0 saturated carbocycles. The van der Waals surface area contributed by atoms with Crippen molar-refractivity contribution in [1.29, 1.82) is 0 Å². The molecule has 1 heterocycles. The predicted molar refractivity (Wildman–Crippen MR) is 115 cm³/mol. The van der Waals surface area contributed by atoms with E-state index in [0.29, 0.717) is 34.3 Å². The fourth-order valence-corrected chi connectivity index (χ4v) is 3.47. The summed E-state index contributed by atoms with van der Waals surface area (Å²) in [7, 11) is 0. The van der Waals surface area contributed by atoms with Crippen molar-refractivity contribution < 1.29 is 4.79 Å². The second-order valence-corrected chi connectivity index (χ2v) is 7.23. The lowest BCUT2D eigenvalue weighted by molar-refractivity contribution is 0.0954. The Balaban J connectivity index is 1.74. The highest BCUT2D eigenvalue weighted by Crippen LogP contribution is 2.11. The van der Waals surface area contributed by atoms with Crippen molar-refractivity contribution >= 4 is 29.0 Å². The first-order chi connectivity index (χ1) is 13.6. The molecular weight excluding hydrogens is 370 g/mol. The van der Waals surface area contributed by atoms with Gasteiger partial charge >= 0.3 is 0 Å². The van der Waals surface area contributed by atoms with Crippen LogP contribution in [-0.2, 0) is 13.0 Å². The van der Waals surface area contributed by atoms with E-state index in [4.69, 9.17) is 12.2 Å². The number of fused-ring (bicyclic) bond motifs is 1. The predicted octanol–water partition coefficient (Wildman–Crippen LogP) is 4.22. The van der Waals surface area contributed by atoms with Gasteiger partial charge in [0.25, 0.3) is 11.5 Å². The second-order valence-electron chi connectivity index (χ2n) is 6.85. The van der Waals surface area contributed by atoms with Gasteiger partial charge in [-0.2, -0.15) is 0 Å². The Kier molecular flexibility index (Phi) is 6.76. The van der Waals surface area contributed by atoms with Crippen molar-refractivity contribution in [2.75, 3.05) is 6.54 Å². The summed E-state index contributed by atoms with van der Waals surface area (Å²) < 4.78 is 2.00. The van der Waals surface area contributed by atoms with Crippen LogP contribution in [0.1, 0.15) is 42.1 Å². The molecule has 0 saturated heterocycles. The molecule has 1 aromatic heterocycles. The van der Waals surface area contributed by atoms with E-state index in [1.165, 1.54) is 5.56 Å². The first-order valence-corrected chi connectivity index (χ1v) is 10.1. The second kappa shape index (κ2) is 9.46. The molecular formula is C22H25N3O2S. The van der Waals surface area contributed by atoms with Gasteiger partial charge in [0.2, 0.25) is 0 Å². The molecule has 0 radical (unpaired) electrons. The quantitative estimate of drug-likeness (QED) is 0.443. The third kappa shape index (κ3) is 4.75. The molecule has 28 heavy (non-hydrogen) atoms. The third-order valence-corrected chi connectivity index (χ3v) is 5.09. The number of H-pyrrole nitrogens is 1. The minimum Gasteiger partial charge on any atom is -0.352 e. The fourth-order valence-electron chi connectivity index (χ4n) is 3.19. The first kappa shape index (κ1) is 20.0. The van der Waals surface area contributed by atoms with Gasteiger partial charge in [0, 0.05) is 18.7 Å². The van der Waals surface area contributed by atoms with Gasteiger partial charge in [0.1, 0.15) is 0 Å². The smallest absolute Gasteiger partial charge is 0.262 e. The van der Waals surface area contributed by atoms with E-state index < -0.39 is 0 Å². The van der Waals surface area contributed by atoms with Crippen molar-refractivity contribution in [2.45, 2.75) is 39.2 Å². The summed E-state index contributed by atoms with van der Waals surface area (Å²) in [5, 5.41) is 3.47. The highest BCUT2D eigenvalue weighted by molar-refractivity contribution is 7.71. The number of carbonyl (C=O) groups is 1. The lowest BCUT2D eigenvalue weighted by Gasteiger charge is -2.09. The summed E-state index contributed by atoms with van der Waals surface area (Å²) in [5.74, 6) is -0.163. The van der Waals surface area contributed by atoms with Crippen LogP contribution in [0, 0.1) is 4.77 Å². The highest BCUT2D eigenvalue weighted by atomic mass is 32.1. The first-order valence-electron chi connectivity index (χ1n) is 9.69. The van der Waals surface area contributed by atoms with Crippen LogP contribution in [0.2, 0.25) is 0 Å². The number of nitrogens with zero attached hydrogens (tertiary/aromatic N) is 1. The van der Waals surface area contributed by atoms with Gasteiger partial charge in [0.05, 0.1) is 10.9 Å². The van der Waals surface area contributed by atoms with E-state index in [0.717, 1.165) is 25.7 Å². The van der Waals surface area contributed by atoms with Gasteiger partial charge < -0.3 is 10.3 Å². The summed E-state index contributed by atoms with van der Waals surface area (Å²) >= 11 is 5.36. The molecule has 146 valence electrons. The summed E-state index contributed by atoms with van der Waals surface area (Å²) in [6.45, 7) is 3.28. The summed E-state index contributed by atoms with van der Waals surface area (Å²) in [5.41, 5.74) is 2.17. The molecule has 0 bridgehead atoms. The largest absolute Gasteiger partial charge is 0.352 e. The van der Waals surface area contributed by atoms with Crippen LogP contribution in [0.5, 0.6) is 0 Å². The van der Waals surface area contributed by atoms with Gasteiger partial charge in [-0.15, -0.1) is 0 Å². The number of hydrogen-bond donors (Lipinski definition) is 2. The number of hydrogen-bond acceptors (Lipinski definition) is 3. The number of unbranched alkanes of at least 4 members (excludes halogenated alkanes) is 2. The van der Waals surface area contributed by atoms with Crippen LogP contribution < -0.4 is 10.9 Å². The van der Waals surface area contributed by atoms with E-state index in [1.54, 1.807) is 22.8 Å². The number of nitrogens with one attached hydrogen (secondary N) is 2. The van der Waals surface area contributed by atoms with Crippen molar-refractivity contribution in [3.05, 3.63) is 74.8 Å². The summed E-state index contributed by atoms with van der Waals surface area (Å²) in [4.78, 5) is 28.3. The normalized spacial score (nSPS) is 10.9. The Bertz CT molecular complexity index is 1070. The topological polar surface area (TPSA) is 66.9 Å². The summed E-state index contributed by atoms with van der Waals surface area (Å²) in [6.07, 6.45) is 3.83. The zero-order valence-corrected chi connectivity index (χ0v) is 16.8. The molecule has 3 rings (SSSR count). The molecule has 0 unspecified atom stereocenters. The molecule has 0 spiro atoms. The number of aromatic amines is 1. The lowest BCUT2D eigenvalue weighted by Crippen LogP contribution is -2.26. The fraction of sp³-hybridized carbons (Fsp3) is 0.318. The molecule has 3 aromatic rings. The number of aromatic nitrogens is 2. The number of amides is 1. The van der Waals surface area contributed by atoms with Gasteiger partial charge in [-0.3, -0.25) is 14.2 Å². The molecule has 0 atom stereocenters. The summed E-state index contributed by atoms with van der Waals surface area (Å²) in [6, 6.07) is 15.1. The highest BCUT2D eigenvalue weighted by Gasteiger charge is 2.10. The van der Waals surface area contributed by atoms with Crippen molar-refractivity contribution in [3.8, 4) is 0 Å². The molecule has 5 nitrogen and oxygen atoms in total. The number of rotatable bonds is 8. The van der Waals surface area contributed by atoms with Gasteiger partial charge in [-0.05, 0) is 48.8 Å². The Hall–Kier alpha value is -2.73. The molecule has 0 aliphatic heterocycles. The van der Waals surface area contributed by atoms with Crippen LogP contribution in [0.25, 0.3) is 10.9 Å². The third-order valence-electron chi connectivity index (χ3n) is 4.77. The molecule has 6 heteroatoms. The van der Waals surface area contributed by atoms with Crippen molar-refractivity contribution in [1.82, 2.24) is 14.9 Å². The standard InChI is InChI=1S/C22H25N3O2S/c1-2-3-7-14-25-21(27)18-11-10-17(15-19(18)24-22(25)28)20(26)23-13-12-16-8-5-4-6-9-16/h4-6,8-11,15H,2-3,7,12-14H2,1H3,(H,23,26)(H,24,28). The molecule has 0 aliphatic rings. The van der Waals surface area contributed by atoms with Crippen LogP contribution >= 0.6 is 12.2 Å². The molecule has 0 fully saturated rings. The molecule has 2 N–H and O–H groups in total. The number of benzene rings is 2. The number of carbonyl (C=O) groups excluding carboxylic acids is 1. The molecule has 0 aliphatic carbocycles. The molecule has 1 amide bonds. The monoisotopic (exact) mass is 395 g/mol. The van der Waals surface area contributed by atoms with Crippen molar-refractivity contribution in [2.24, 2.45) is 0 Å². The van der Waals surface area contributed by atoms with E-state index in [-0.39, 0.29) is 11.5 Å². The minimum absolute atomic E-state index is 0.106. The van der Waals surface area contributed by atoms with E-state index >= 15 is 0 Å². The Morgan fingerprint density at radius 2 is 1.93 bits per heavy atom. The Morgan fingerprint density at radius 3 is 2.68 bits per heavy atom. The van der Waals surface area contributed by atoms with Crippen LogP contribution in [0.15, 0.2) is 53.3 Å². The van der Waals surface area contributed by atoms with E-state index in [1.807, 2.05) is 30.3 Å². The van der Waals surface area contributed by atoms with Gasteiger partial charge in [-0.25, -0.2) is 0 Å². The Labute approximate surface area is 169 Å². The maximum Gasteiger partial charge on any atom is 0.262 e. The zero-order valence-electron chi connectivity index (χ0n) is 16.0. The zero-order chi connectivity index (χ0) is 19.9. The maximum absolute atomic E-state index is 12.7.